The molecule has 12 heteroatoms. The molecule has 0 bridgehead atoms. The van der Waals surface area contributed by atoms with E-state index in [9.17, 15) is 26.7 Å². The maximum atomic E-state index is 14.6. The standard InChI is InChI=1S/C22H23F5N4O3/c1-11(12-3-2-4-13(17(12)23)18(24)25)30-19-16(20-33-7-8-34-20)14(28-10-29-19)9-15(32)31-22(5-6-22)21(26)27/h2-4,10-11,18,20-21H,5-9H2,1H3,(H,31,32)(H,28,29,30). The molecule has 1 aromatic heterocycles. The Labute approximate surface area is 192 Å². The topological polar surface area (TPSA) is 85.4 Å². The van der Waals surface area contributed by atoms with E-state index in [4.69, 9.17) is 9.47 Å². The number of ether oxygens (including phenoxy) is 2. The van der Waals surface area contributed by atoms with Gasteiger partial charge in [-0.1, -0.05) is 18.2 Å². The molecule has 0 spiro atoms. The number of nitrogens with one attached hydrogen (secondary N) is 2. The number of halogens is 5. The van der Waals surface area contributed by atoms with Gasteiger partial charge in [-0.3, -0.25) is 4.79 Å². The van der Waals surface area contributed by atoms with Gasteiger partial charge in [0.2, 0.25) is 5.91 Å². The van der Waals surface area contributed by atoms with Gasteiger partial charge < -0.3 is 20.1 Å². The lowest BCUT2D eigenvalue weighted by atomic mass is 10.0. The second-order valence-corrected chi connectivity index (χ2v) is 8.26. The van der Waals surface area contributed by atoms with Gasteiger partial charge in [-0.2, -0.15) is 0 Å². The largest absolute Gasteiger partial charge is 0.363 e. The van der Waals surface area contributed by atoms with Crippen molar-refractivity contribution in [3.63, 3.8) is 0 Å². The van der Waals surface area contributed by atoms with Crippen LogP contribution in [0.2, 0.25) is 0 Å². The zero-order valence-electron chi connectivity index (χ0n) is 18.2. The molecule has 2 aliphatic rings. The number of rotatable bonds is 9. The fourth-order valence-electron chi connectivity index (χ4n) is 3.82. The molecule has 184 valence electrons. The first kappa shape index (κ1) is 24.3. The molecule has 2 fully saturated rings. The van der Waals surface area contributed by atoms with Crippen molar-refractivity contribution in [1.82, 2.24) is 15.3 Å². The number of carbonyl (C=O) groups is 1. The van der Waals surface area contributed by atoms with Crippen molar-refractivity contribution < 1.29 is 36.2 Å². The summed E-state index contributed by atoms with van der Waals surface area (Å²) >= 11 is 0. The summed E-state index contributed by atoms with van der Waals surface area (Å²) in [5, 5.41) is 5.33. The van der Waals surface area contributed by atoms with Crippen molar-refractivity contribution in [3.05, 3.63) is 52.7 Å². The molecule has 1 aliphatic heterocycles. The number of benzene rings is 1. The van der Waals surface area contributed by atoms with Gasteiger partial charge in [0.15, 0.2) is 6.29 Å². The van der Waals surface area contributed by atoms with Crippen LogP contribution in [0.3, 0.4) is 0 Å². The van der Waals surface area contributed by atoms with E-state index < -0.39 is 48.0 Å². The van der Waals surface area contributed by atoms with E-state index >= 15 is 0 Å². The summed E-state index contributed by atoms with van der Waals surface area (Å²) < 4.78 is 78.4. The summed E-state index contributed by atoms with van der Waals surface area (Å²) in [6, 6.07) is 2.91. The summed E-state index contributed by atoms with van der Waals surface area (Å²) in [6.45, 7) is 2.08. The smallest absolute Gasteiger partial charge is 0.266 e. The van der Waals surface area contributed by atoms with Crippen LogP contribution in [0.15, 0.2) is 24.5 Å². The van der Waals surface area contributed by atoms with E-state index in [0.29, 0.717) is 0 Å². The molecule has 2 aromatic rings. The van der Waals surface area contributed by atoms with Gasteiger partial charge >= 0.3 is 0 Å². The van der Waals surface area contributed by atoms with Crippen molar-refractivity contribution in [2.24, 2.45) is 0 Å². The molecule has 4 rings (SSSR count). The second kappa shape index (κ2) is 9.79. The average Bonchev–Trinajstić information content (AvgIpc) is 3.36. The molecule has 1 aromatic carbocycles. The maximum absolute atomic E-state index is 14.6. The molecule has 1 saturated carbocycles. The molecule has 34 heavy (non-hydrogen) atoms. The third kappa shape index (κ3) is 4.97. The van der Waals surface area contributed by atoms with Gasteiger partial charge in [0.1, 0.15) is 23.5 Å². The number of carbonyl (C=O) groups excluding carboxylic acids is 1. The predicted octanol–water partition coefficient (Wildman–Crippen LogP) is 4.23. The van der Waals surface area contributed by atoms with Gasteiger partial charge in [-0.15, -0.1) is 0 Å². The van der Waals surface area contributed by atoms with Gasteiger partial charge in [0.05, 0.1) is 42.5 Å². The minimum atomic E-state index is -2.98. The number of nitrogens with zero attached hydrogens (tertiary/aromatic N) is 2. The Bertz CT molecular complexity index is 1050. The number of hydrogen-bond acceptors (Lipinski definition) is 6. The van der Waals surface area contributed by atoms with Gasteiger partial charge in [0.25, 0.3) is 12.9 Å². The SMILES string of the molecule is CC(Nc1ncnc(CC(=O)NC2(C(F)F)CC2)c1C1OCCO1)c1cccc(C(F)F)c1F. The highest BCUT2D eigenvalue weighted by atomic mass is 19.3. The van der Waals surface area contributed by atoms with Gasteiger partial charge in [-0.05, 0) is 19.8 Å². The Kier molecular flexibility index (Phi) is 6.99. The zero-order chi connectivity index (χ0) is 24.5. The van der Waals surface area contributed by atoms with Crippen molar-refractivity contribution in [2.45, 2.75) is 56.9 Å². The third-order valence-corrected chi connectivity index (χ3v) is 5.86. The molecule has 1 unspecified atom stereocenters. The van der Waals surface area contributed by atoms with Crippen LogP contribution >= 0.6 is 0 Å². The second-order valence-electron chi connectivity index (χ2n) is 8.26. The molecule has 2 heterocycles. The number of aromatic nitrogens is 2. The molecular weight excluding hydrogens is 463 g/mol. The summed E-state index contributed by atoms with van der Waals surface area (Å²) in [5.74, 6) is -1.54. The summed E-state index contributed by atoms with van der Waals surface area (Å²) in [6.07, 6.45) is -5.41. The van der Waals surface area contributed by atoms with Crippen LogP contribution in [0.4, 0.5) is 27.8 Å². The lowest BCUT2D eigenvalue weighted by Crippen LogP contribution is -2.43. The van der Waals surface area contributed by atoms with Crippen molar-refractivity contribution >= 4 is 11.7 Å². The van der Waals surface area contributed by atoms with Crippen LogP contribution in [0.1, 0.15) is 60.9 Å². The molecular formula is C22H23F5N4O3. The monoisotopic (exact) mass is 486 g/mol. The number of anilines is 1. The number of hydrogen-bond donors (Lipinski definition) is 2. The van der Waals surface area contributed by atoms with E-state index in [1.165, 1.54) is 12.1 Å². The molecule has 7 nitrogen and oxygen atoms in total. The van der Waals surface area contributed by atoms with Crippen LogP contribution in [-0.4, -0.2) is 41.1 Å². The van der Waals surface area contributed by atoms with Gasteiger partial charge in [0, 0.05) is 5.56 Å². The van der Waals surface area contributed by atoms with Crippen LogP contribution in [0.5, 0.6) is 0 Å². The Morgan fingerprint density at radius 2 is 1.82 bits per heavy atom. The minimum Gasteiger partial charge on any atom is -0.363 e. The zero-order valence-corrected chi connectivity index (χ0v) is 18.2. The van der Waals surface area contributed by atoms with Gasteiger partial charge in [-0.25, -0.2) is 31.9 Å². The lowest BCUT2D eigenvalue weighted by Gasteiger charge is -2.22. The average molecular weight is 486 g/mol. The fraction of sp³-hybridized carbons (Fsp3) is 0.500. The fourth-order valence-corrected chi connectivity index (χ4v) is 3.82. The molecule has 1 atom stereocenters. The highest BCUT2D eigenvalue weighted by molar-refractivity contribution is 5.80. The minimum absolute atomic E-state index is 0.0116. The van der Waals surface area contributed by atoms with E-state index in [2.05, 4.69) is 20.6 Å². The normalized spacial score (nSPS) is 18.4. The van der Waals surface area contributed by atoms with Crippen LogP contribution < -0.4 is 10.6 Å². The van der Waals surface area contributed by atoms with E-state index in [-0.39, 0.29) is 55.1 Å². The van der Waals surface area contributed by atoms with Crippen LogP contribution in [-0.2, 0) is 20.7 Å². The summed E-state index contributed by atoms with van der Waals surface area (Å²) in [5.41, 5.74) is -1.80. The Hall–Kier alpha value is -2.86. The summed E-state index contributed by atoms with van der Waals surface area (Å²) in [4.78, 5) is 20.8. The predicted molar refractivity (Wildman–Crippen MR) is 110 cm³/mol. The first-order chi connectivity index (χ1) is 16.2. The Balaban J connectivity index is 1.60. The van der Waals surface area contributed by atoms with Crippen molar-refractivity contribution in [1.29, 1.82) is 0 Å². The first-order valence-corrected chi connectivity index (χ1v) is 10.7. The Morgan fingerprint density at radius 1 is 1.15 bits per heavy atom. The van der Waals surface area contributed by atoms with Crippen LogP contribution in [0, 0.1) is 5.82 Å². The highest BCUT2D eigenvalue weighted by Crippen LogP contribution is 2.41. The molecule has 1 amide bonds. The Morgan fingerprint density at radius 3 is 2.44 bits per heavy atom. The molecule has 2 N–H and O–H groups in total. The van der Waals surface area contributed by atoms with Crippen molar-refractivity contribution in [2.75, 3.05) is 18.5 Å². The highest BCUT2D eigenvalue weighted by Gasteiger charge is 2.52. The molecule has 1 aliphatic carbocycles. The van der Waals surface area contributed by atoms with E-state index in [0.717, 1.165) is 12.4 Å². The van der Waals surface area contributed by atoms with Crippen LogP contribution in [0.25, 0.3) is 0 Å². The van der Waals surface area contributed by atoms with E-state index in [1.807, 2.05) is 0 Å². The third-order valence-electron chi connectivity index (χ3n) is 5.86. The van der Waals surface area contributed by atoms with E-state index in [1.54, 1.807) is 6.92 Å². The van der Waals surface area contributed by atoms with Crippen molar-refractivity contribution in [3.8, 4) is 0 Å². The molecule has 0 radical (unpaired) electrons. The number of alkyl halides is 4. The number of amides is 1. The summed E-state index contributed by atoms with van der Waals surface area (Å²) in [7, 11) is 0. The first-order valence-electron chi connectivity index (χ1n) is 10.7. The maximum Gasteiger partial charge on any atom is 0.266 e. The quantitative estimate of drug-likeness (QED) is 0.516. The molecule has 1 saturated heterocycles. The lowest BCUT2D eigenvalue weighted by molar-refractivity contribution is -0.122.